The predicted molar refractivity (Wildman–Crippen MR) is 79.1 cm³/mol. The molecule has 98 valence electrons. The first kappa shape index (κ1) is 13.3. The molecule has 0 bridgehead atoms. The van der Waals surface area contributed by atoms with Crippen molar-refractivity contribution >= 4 is 17.2 Å². The third kappa shape index (κ3) is 3.22. The number of nitrogens with two attached hydrogens (primary N) is 1. The van der Waals surface area contributed by atoms with Crippen molar-refractivity contribution in [3.63, 3.8) is 0 Å². The SMILES string of the molecule is Cc1ccc(C(N)=S)c(OC2CCC(C)CC2)c1. The summed E-state index contributed by atoms with van der Waals surface area (Å²) in [5.41, 5.74) is 7.77. The second-order valence-corrected chi connectivity index (χ2v) is 5.80. The Labute approximate surface area is 115 Å². The van der Waals surface area contributed by atoms with E-state index in [1.54, 1.807) is 0 Å². The van der Waals surface area contributed by atoms with Crippen molar-refractivity contribution in [2.45, 2.75) is 45.6 Å². The second-order valence-electron chi connectivity index (χ2n) is 5.36. The van der Waals surface area contributed by atoms with E-state index in [1.807, 2.05) is 18.2 Å². The fourth-order valence-electron chi connectivity index (χ4n) is 2.46. The maximum absolute atomic E-state index is 6.11. The lowest BCUT2D eigenvalue weighted by molar-refractivity contribution is 0.135. The highest BCUT2D eigenvalue weighted by Gasteiger charge is 2.20. The minimum atomic E-state index is 0.316. The van der Waals surface area contributed by atoms with Gasteiger partial charge in [0.2, 0.25) is 0 Å². The molecule has 1 aromatic rings. The van der Waals surface area contributed by atoms with Crippen LogP contribution < -0.4 is 10.5 Å². The third-order valence-corrected chi connectivity index (χ3v) is 3.88. The highest BCUT2D eigenvalue weighted by Crippen LogP contribution is 2.29. The summed E-state index contributed by atoms with van der Waals surface area (Å²) in [6.45, 7) is 4.36. The minimum absolute atomic E-state index is 0.316. The minimum Gasteiger partial charge on any atom is -0.490 e. The summed E-state index contributed by atoms with van der Waals surface area (Å²) in [7, 11) is 0. The molecule has 0 spiro atoms. The molecule has 0 heterocycles. The van der Waals surface area contributed by atoms with Gasteiger partial charge in [-0.1, -0.05) is 25.2 Å². The molecule has 0 atom stereocenters. The first-order valence-electron chi connectivity index (χ1n) is 6.63. The van der Waals surface area contributed by atoms with Gasteiger partial charge in [0.15, 0.2) is 0 Å². The quantitative estimate of drug-likeness (QED) is 0.846. The smallest absolute Gasteiger partial charge is 0.130 e. The molecule has 0 saturated heterocycles. The molecule has 0 aromatic heterocycles. The Hall–Kier alpha value is -1.09. The van der Waals surface area contributed by atoms with Gasteiger partial charge in [-0.25, -0.2) is 0 Å². The summed E-state index contributed by atoms with van der Waals surface area (Å²) in [4.78, 5) is 0.411. The van der Waals surface area contributed by atoms with E-state index in [0.29, 0.717) is 11.1 Å². The highest BCUT2D eigenvalue weighted by atomic mass is 32.1. The van der Waals surface area contributed by atoms with E-state index in [-0.39, 0.29) is 0 Å². The van der Waals surface area contributed by atoms with Crippen LogP contribution in [0.3, 0.4) is 0 Å². The van der Waals surface area contributed by atoms with Crippen LogP contribution in [0.15, 0.2) is 18.2 Å². The molecule has 2 rings (SSSR count). The van der Waals surface area contributed by atoms with Gasteiger partial charge in [-0.05, 0) is 56.2 Å². The van der Waals surface area contributed by atoms with Crippen LogP contribution in [0.1, 0.15) is 43.7 Å². The summed E-state index contributed by atoms with van der Waals surface area (Å²) in [5, 5.41) is 0. The van der Waals surface area contributed by atoms with Gasteiger partial charge >= 0.3 is 0 Å². The van der Waals surface area contributed by atoms with Crippen LogP contribution in [-0.4, -0.2) is 11.1 Å². The van der Waals surface area contributed by atoms with Gasteiger partial charge < -0.3 is 10.5 Å². The second kappa shape index (κ2) is 5.70. The number of ether oxygens (including phenoxy) is 1. The van der Waals surface area contributed by atoms with Crippen molar-refractivity contribution in [2.24, 2.45) is 11.7 Å². The average Bonchev–Trinajstić information content (AvgIpc) is 2.32. The van der Waals surface area contributed by atoms with Crippen molar-refractivity contribution in [2.75, 3.05) is 0 Å². The number of thiocarbonyl (C=S) groups is 1. The number of hydrogen-bond donors (Lipinski definition) is 1. The monoisotopic (exact) mass is 263 g/mol. The number of aryl methyl sites for hydroxylation is 1. The Morgan fingerprint density at radius 3 is 2.56 bits per heavy atom. The molecule has 1 aromatic carbocycles. The van der Waals surface area contributed by atoms with E-state index < -0.39 is 0 Å². The number of rotatable bonds is 3. The van der Waals surface area contributed by atoms with Crippen LogP contribution in [0.2, 0.25) is 0 Å². The Kier molecular flexibility index (Phi) is 4.23. The summed E-state index contributed by atoms with van der Waals surface area (Å²) in [6.07, 6.45) is 5.08. The Bertz CT molecular complexity index is 436. The Balaban J connectivity index is 2.12. The molecule has 1 aliphatic rings. The topological polar surface area (TPSA) is 35.2 Å². The van der Waals surface area contributed by atoms with E-state index >= 15 is 0 Å². The summed E-state index contributed by atoms with van der Waals surface area (Å²) >= 11 is 5.08. The van der Waals surface area contributed by atoms with Crippen molar-refractivity contribution in [3.8, 4) is 5.75 Å². The normalized spacial score (nSPS) is 23.7. The largest absolute Gasteiger partial charge is 0.490 e. The van der Waals surface area contributed by atoms with Gasteiger partial charge in [-0.3, -0.25) is 0 Å². The molecular formula is C15H21NOS. The lowest BCUT2D eigenvalue weighted by atomic mass is 9.89. The van der Waals surface area contributed by atoms with Crippen LogP contribution in [0, 0.1) is 12.8 Å². The zero-order valence-corrected chi connectivity index (χ0v) is 11.9. The maximum Gasteiger partial charge on any atom is 0.130 e. The standard InChI is InChI=1S/C15H21NOS/c1-10-3-6-12(7-4-10)17-14-9-11(2)5-8-13(14)15(16)18/h5,8-10,12H,3-4,6-7H2,1-2H3,(H2,16,18). The van der Waals surface area contributed by atoms with Crippen LogP contribution in [0.25, 0.3) is 0 Å². The van der Waals surface area contributed by atoms with Crippen LogP contribution in [0.5, 0.6) is 5.75 Å². The third-order valence-electron chi connectivity index (χ3n) is 3.66. The van der Waals surface area contributed by atoms with Crippen molar-refractivity contribution in [1.29, 1.82) is 0 Å². The van der Waals surface area contributed by atoms with E-state index in [0.717, 1.165) is 30.1 Å². The molecule has 18 heavy (non-hydrogen) atoms. The van der Waals surface area contributed by atoms with E-state index in [2.05, 4.69) is 13.8 Å². The first-order chi connectivity index (χ1) is 8.56. The molecule has 0 amide bonds. The molecule has 1 aliphatic carbocycles. The van der Waals surface area contributed by atoms with Gasteiger partial charge in [0.05, 0.1) is 11.7 Å². The molecule has 2 N–H and O–H groups in total. The fraction of sp³-hybridized carbons (Fsp3) is 0.533. The molecule has 1 fully saturated rings. The van der Waals surface area contributed by atoms with Crippen molar-refractivity contribution < 1.29 is 4.74 Å². The zero-order valence-electron chi connectivity index (χ0n) is 11.1. The van der Waals surface area contributed by atoms with E-state index in [4.69, 9.17) is 22.7 Å². The Morgan fingerprint density at radius 2 is 1.94 bits per heavy atom. The summed E-state index contributed by atoms with van der Waals surface area (Å²) in [6, 6.07) is 6.01. The molecule has 1 saturated carbocycles. The summed E-state index contributed by atoms with van der Waals surface area (Å²) < 4.78 is 6.11. The number of benzene rings is 1. The van der Waals surface area contributed by atoms with Gasteiger partial charge in [0, 0.05) is 0 Å². The van der Waals surface area contributed by atoms with Crippen LogP contribution in [0.4, 0.5) is 0 Å². The molecule has 2 nitrogen and oxygen atoms in total. The maximum atomic E-state index is 6.11. The van der Waals surface area contributed by atoms with E-state index in [1.165, 1.54) is 18.4 Å². The van der Waals surface area contributed by atoms with Crippen molar-refractivity contribution in [3.05, 3.63) is 29.3 Å². The summed E-state index contributed by atoms with van der Waals surface area (Å²) in [5.74, 6) is 1.68. The van der Waals surface area contributed by atoms with Crippen molar-refractivity contribution in [1.82, 2.24) is 0 Å². The first-order valence-corrected chi connectivity index (χ1v) is 7.04. The Morgan fingerprint density at radius 1 is 1.28 bits per heavy atom. The predicted octanol–water partition coefficient (Wildman–Crippen LogP) is 3.59. The zero-order chi connectivity index (χ0) is 13.1. The van der Waals surface area contributed by atoms with Gasteiger partial charge in [0.1, 0.15) is 10.7 Å². The number of hydrogen-bond acceptors (Lipinski definition) is 2. The van der Waals surface area contributed by atoms with Crippen LogP contribution in [-0.2, 0) is 0 Å². The van der Waals surface area contributed by atoms with E-state index in [9.17, 15) is 0 Å². The average molecular weight is 263 g/mol. The van der Waals surface area contributed by atoms with Crippen LogP contribution >= 0.6 is 12.2 Å². The lowest BCUT2D eigenvalue weighted by Gasteiger charge is -2.27. The van der Waals surface area contributed by atoms with Gasteiger partial charge in [0.25, 0.3) is 0 Å². The lowest BCUT2D eigenvalue weighted by Crippen LogP contribution is -2.24. The molecule has 0 unspecified atom stereocenters. The highest BCUT2D eigenvalue weighted by molar-refractivity contribution is 7.80. The molecule has 0 aliphatic heterocycles. The fourth-order valence-corrected chi connectivity index (χ4v) is 2.63. The van der Waals surface area contributed by atoms with Gasteiger partial charge in [-0.2, -0.15) is 0 Å². The molecule has 3 heteroatoms. The molecular weight excluding hydrogens is 242 g/mol. The molecule has 0 radical (unpaired) electrons. The van der Waals surface area contributed by atoms with Gasteiger partial charge in [-0.15, -0.1) is 0 Å².